The van der Waals surface area contributed by atoms with Gasteiger partial charge in [-0.3, -0.25) is 4.79 Å². The van der Waals surface area contributed by atoms with Crippen molar-refractivity contribution in [3.8, 4) is 0 Å². The highest BCUT2D eigenvalue weighted by Crippen LogP contribution is 2.84. The smallest absolute Gasteiger partial charge is 0.191 e. The molecule has 172 valence electrons. The van der Waals surface area contributed by atoms with E-state index in [2.05, 4.69) is 63.8 Å². The van der Waals surface area contributed by atoms with Crippen LogP contribution in [0.25, 0.3) is 5.57 Å². The van der Waals surface area contributed by atoms with E-state index in [0.29, 0.717) is 16.9 Å². The summed E-state index contributed by atoms with van der Waals surface area (Å²) in [6.45, 7) is 4.42. The molecule has 4 aliphatic rings. The van der Waals surface area contributed by atoms with Crippen LogP contribution in [-0.4, -0.2) is 33.4 Å². The lowest BCUT2D eigenvalue weighted by Crippen LogP contribution is -2.70. The Balaban J connectivity index is 1.76. The minimum absolute atomic E-state index is 0.0246. The van der Waals surface area contributed by atoms with Crippen LogP contribution < -0.4 is 4.72 Å². The third kappa shape index (κ3) is 2.35. The standard InChI is InChI=1S/C26H25I2NO3S/c1-22(2)18-13-14-23(22)15-33(32)29-24(23)20(21(30)17-11-7-4-8-12-17)19(16-9-5-3-6-10-16)26(27,28)25(18,24)31/h3-12,18,29,31H,13-15H2,1-2H3/t18-,23-,24-,25+,33-/m0/s1. The maximum absolute atomic E-state index is 14.4. The summed E-state index contributed by atoms with van der Waals surface area (Å²) in [6, 6.07) is 19.3. The molecule has 2 spiro atoms. The van der Waals surface area contributed by atoms with Gasteiger partial charge in [0.05, 0.1) is 16.5 Å². The van der Waals surface area contributed by atoms with E-state index in [1.165, 1.54) is 0 Å². The van der Waals surface area contributed by atoms with Gasteiger partial charge in [0.2, 0.25) is 0 Å². The van der Waals surface area contributed by atoms with Crippen LogP contribution in [-0.2, 0) is 11.0 Å². The van der Waals surface area contributed by atoms with Crippen molar-refractivity contribution < 1.29 is 14.1 Å². The largest absolute Gasteiger partial charge is 0.385 e. The van der Waals surface area contributed by atoms with Gasteiger partial charge in [0, 0.05) is 22.3 Å². The van der Waals surface area contributed by atoms with Crippen LogP contribution in [0.1, 0.15) is 42.6 Å². The van der Waals surface area contributed by atoms with Gasteiger partial charge in [0.15, 0.2) is 5.78 Å². The van der Waals surface area contributed by atoms with E-state index in [9.17, 15) is 14.1 Å². The summed E-state index contributed by atoms with van der Waals surface area (Å²) in [7, 11) is -1.34. The molecule has 0 aromatic heterocycles. The van der Waals surface area contributed by atoms with Crippen LogP contribution in [0.3, 0.4) is 0 Å². The van der Waals surface area contributed by atoms with E-state index < -0.39 is 29.0 Å². The molecule has 2 N–H and O–H groups in total. The number of ketones is 1. The molecule has 5 atom stereocenters. The Bertz CT molecular complexity index is 1240. The number of alkyl halides is 2. The van der Waals surface area contributed by atoms with Crippen molar-refractivity contribution in [1.82, 2.24) is 4.72 Å². The Morgan fingerprint density at radius 2 is 1.67 bits per heavy atom. The zero-order valence-electron chi connectivity index (χ0n) is 18.4. The first kappa shape index (κ1) is 22.8. The SMILES string of the molecule is CC1(C)[C@@H]2CC[C@]13C[S@](=O)N[C@@]31C(C(=O)c3ccccc3)=C(c3ccccc3)C(I)(I)[C@@]21O. The van der Waals surface area contributed by atoms with Gasteiger partial charge in [-0.05, 0) is 35.3 Å². The van der Waals surface area contributed by atoms with E-state index in [1.54, 1.807) is 0 Å². The Morgan fingerprint density at radius 1 is 1.06 bits per heavy atom. The van der Waals surface area contributed by atoms with E-state index in [4.69, 9.17) is 0 Å². The monoisotopic (exact) mass is 685 g/mol. The summed E-state index contributed by atoms with van der Waals surface area (Å²) < 4.78 is 15.9. The molecule has 0 unspecified atom stereocenters. The average molecular weight is 685 g/mol. The first-order chi connectivity index (χ1) is 15.6. The topological polar surface area (TPSA) is 66.4 Å². The van der Waals surface area contributed by atoms with E-state index in [-0.39, 0.29) is 17.1 Å². The van der Waals surface area contributed by atoms with Gasteiger partial charge in [0.25, 0.3) is 0 Å². The molecule has 3 fully saturated rings. The van der Waals surface area contributed by atoms with Crippen molar-refractivity contribution in [1.29, 1.82) is 0 Å². The van der Waals surface area contributed by atoms with E-state index in [0.717, 1.165) is 24.0 Å². The molecular weight excluding hydrogens is 660 g/mol. The van der Waals surface area contributed by atoms with Crippen LogP contribution >= 0.6 is 45.2 Å². The maximum atomic E-state index is 14.4. The summed E-state index contributed by atoms with van der Waals surface area (Å²) in [4.78, 5) is 14.4. The number of aliphatic hydroxyl groups is 1. The molecule has 33 heavy (non-hydrogen) atoms. The number of carbonyl (C=O) groups is 1. The molecule has 0 amide bonds. The van der Waals surface area contributed by atoms with Gasteiger partial charge < -0.3 is 5.11 Å². The quantitative estimate of drug-likeness (QED) is 0.270. The minimum atomic E-state index is -1.34. The predicted molar refractivity (Wildman–Crippen MR) is 148 cm³/mol. The van der Waals surface area contributed by atoms with Crippen LogP contribution in [0.15, 0.2) is 66.2 Å². The van der Waals surface area contributed by atoms with Crippen molar-refractivity contribution in [2.24, 2.45) is 16.7 Å². The summed E-state index contributed by atoms with van der Waals surface area (Å²) in [5.41, 5.74) is -0.0820. The number of fused-ring (bicyclic) bond motifs is 2. The van der Waals surface area contributed by atoms with Crippen LogP contribution in [0.5, 0.6) is 0 Å². The molecule has 7 heteroatoms. The highest BCUT2D eigenvalue weighted by molar-refractivity contribution is 14.2. The van der Waals surface area contributed by atoms with Crippen molar-refractivity contribution in [3.63, 3.8) is 0 Å². The highest BCUT2D eigenvalue weighted by atomic mass is 127. The molecular formula is C26H25I2NO3S. The van der Waals surface area contributed by atoms with E-state index >= 15 is 0 Å². The fraction of sp³-hybridized carbons (Fsp3) is 0.423. The molecule has 6 rings (SSSR count). The molecule has 1 saturated heterocycles. The first-order valence-corrected chi connectivity index (χ1v) is 14.7. The number of Topliss-reactive ketones (excluding diaryl/α,β-unsaturated/α-hetero) is 1. The average Bonchev–Trinajstić information content (AvgIpc) is 3.34. The molecule has 2 aromatic carbocycles. The molecule has 0 radical (unpaired) electrons. The van der Waals surface area contributed by atoms with Gasteiger partial charge in [0.1, 0.15) is 7.03 Å². The molecule has 3 aliphatic carbocycles. The molecule has 2 aromatic rings. The van der Waals surface area contributed by atoms with Gasteiger partial charge in [-0.25, -0.2) is 8.93 Å². The van der Waals surface area contributed by atoms with Gasteiger partial charge in [-0.2, -0.15) is 0 Å². The number of nitrogens with one attached hydrogen (secondary N) is 1. The lowest BCUT2D eigenvalue weighted by atomic mass is 9.58. The molecule has 4 nitrogen and oxygen atoms in total. The third-order valence-corrected chi connectivity index (χ3v) is 13.2. The van der Waals surface area contributed by atoms with Crippen molar-refractivity contribution in [2.75, 3.05) is 5.75 Å². The lowest BCUT2D eigenvalue weighted by Gasteiger charge is -2.51. The second-order valence-corrected chi connectivity index (χ2v) is 16.9. The summed E-state index contributed by atoms with van der Waals surface area (Å²) in [5.74, 6) is 0.344. The Labute approximate surface area is 223 Å². The number of hydrogen-bond acceptors (Lipinski definition) is 3. The van der Waals surface area contributed by atoms with Crippen molar-refractivity contribution in [3.05, 3.63) is 77.4 Å². The van der Waals surface area contributed by atoms with Crippen LogP contribution in [0.2, 0.25) is 0 Å². The highest BCUT2D eigenvalue weighted by Gasteiger charge is 2.91. The second kappa shape index (κ2) is 6.99. The van der Waals surface area contributed by atoms with E-state index in [1.807, 2.05) is 60.7 Å². The normalized spacial score (nSPS) is 39.5. The summed E-state index contributed by atoms with van der Waals surface area (Å²) in [5, 5.41) is 13.0. The zero-order chi connectivity index (χ0) is 23.4. The molecule has 1 heterocycles. The first-order valence-electron chi connectivity index (χ1n) is 11.2. The Hall–Kier alpha value is -0.620. The zero-order valence-corrected chi connectivity index (χ0v) is 23.5. The van der Waals surface area contributed by atoms with Crippen LogP contribution in [0, 0.1) is 16.7 Å². The number of carbonyl (C=O) groups excluding carboxylic acids is 1. The van der Waals surface area contributed by atoms with Gasteiger partial charge in [-0.15, -0.1) is 0 Å². The number of rotatable bonds is 3. The van der Waals surface area contributed by atoms with Gasteiger partial charge in [-0.1, -0.05) is 120 Å². The lowest BCUT2D eigenvalue weighted by molar-refractivity contribution is -0.0616. The summed E-state index contributed by atoms with van der Waals surface area (Å²) >= 11 is 4.74. The fourth-order valence-electron chi connectivity index (χ4n) is 7.83. The number of hydrogen-bond donors (Lipinski definition) is 2. The van der Waals surface area contributed by atoms with Crippen LogP contribution in [0.4, 0.5) is 0 Å². The molecule has 2 saturated carbocycles. The van der Waals surface area contributed by atoms with Crippen molar-refractivity contribution in [2.45, 2.75) is 39.3 Å². The molecule has 1 aliphatic heterocycles. The Morgan fingerprint density at radius 3 is 2.30 bits per heavy atom. The van der Waals surface area contributed by atoms with Crippen molar-refractivity contribution >= 4 is 67.5 Å². The second-order valence-electron chi connectivity index (χ2n) is 10.4. The minimum Gasteiger partial charge on any atom is -0.385 e. The maximum Gasteiger partial charge on any atom is 0.191 e. The number of halogens is 2. The summed E-state index contributed by atoms with van der Waals surface area (Å²) in [6.07, 6.45) is 1.72. The van der Waals surface area contributed by atoms with Gasteiger partial charge >= 0.3 is 0 Å². The fourth-order valence-corrected chi connectivity index (χ4v) is 12.6. The number of benzene rings is 2. The molecule has 2 bridgehead atoms. The Kier molecular flexibility index (Phi) is 4.83. The third-order valence-electron chi connectivity index (χ3n) is 9.15. The predicted octanol–water partition coefficient (Wildman–Crippen LogP) is 5.08.